The summed E-state index contributed by atoms with van der Waals surface area (Å²) >= 11 is 1.08. The van der Waals surface area contributed by atoms with Crippen molar-refractivity contribution < 1.29 is 9.78 Å². The number of carbonyl (C=O) groups is 1. The van der Waals surface area contributed by atoms with Crippen molar-refractivity contribution in [2.45, 2.75) is 0 Å². The van der Waals surface area contributed by atoms with Crippen LogP contribution < -0.4 is 15.6 Å². The number of carbonyl (C=O) groups excluding carboxylic acids is 1. The fourth-order valence-corrected chi connectivity index (χ4v) is 2.66. The first-order chi connectivity index (χ1) is 11.3. The van der Waals surface area contributed by atoms with Crippen molar-refractivity contribution in [3.63, 3.8) is 0 Å². The Balaban J connectivity index is 1.81. The predicted molar refractivity (Wildman–Crippen MR) is 90.4 cm³/mol. The Bertz CT molecular complexity index is 833. The standard InChI is InChI=1S/C16H12N4O2S/c21-15(19-16-17-10-14(20-22)23-16)12-8-4-5-9-13(12)18-11-6-2-1-3-7-11/h1-10,18H,(H,17,19,21)/p+1. The summed E-state index contributed by atoms with van der Waals surface area (Å²) in [5.41, 5.74) is 2.09. The van der Waals surface area contributed by atoms with Gasteiger partial charge in [0.15, 0.2) is 0 Å². The minimum absolute atomic E-state index is 0.274. The van der Waals surface area contributed by atoms with E-state index < -0.39 is 0 Å². The zero-order chi connectivity index (χ0) is 16.1. The highest BCUT2D eigenvalue weighted by Gasteiger charge is 2.18. The van der Waals surface area contributed by atoms with Crippen LogP contribution in [0.25, 0.3) is 0 Å². The van der Waals surface area contributed by atoms with Crippen LogP contribution in [0.3, 0.4) is 0 Å². The number of rotatable bonds is 5. The lowest BCUT2D eigenvalue weighted by molar-refractivity contribution is -0.353. The van der Waals surface area contributed by atoms with Crippen LogP contribution in [0.15, 0.2) is 66.0 Å². The van der Waals surface area contributed by atoms with E-state index in [-0.39, 0.29) is 10.9 Å². The zero-order valence-electron chi connectivity index (χ0n) is 11.9. The number of anilines is 3. The third kappa shape index (κ3) is 3.58. The first kappa shape index (κ1) is 14.9. The van der Waals surface area contributed by atoms with Gasteiger partial charge in [-0.3, -0.25) is 0 Å². The second-order valence-corrected chi connectivity index (χ2v) is 5.67. The van der Waals surface area contributed by atoms with Gasteiger partial charge in [0.25, 0.3) is 0 Å². The van der Waals surface area contributed by atoms with Crippen LogP contribution in [0.5, 0.6) is 0 Å². The highest BCUT2D eigenvalue weighted by Crippen LogP contribution is 2.25. The molecule has 0 unspecified atom stereocenters. The molecule has 114 valence electrons. The molecule has 0 fully saturated rings. The number of para-hydroxylation sites is 2. The number of hydrogen-bond donors (Lipinski definition) is 2. The topological polar surface area (TPSA) is 84.7 Å². The molecule has 1 amide bonds. The molecule has 2 aromatic carbocycles. The molecule has 0 aliphatic rings. The van der Waals surface area contributed by atoms with E-state index in [1.165, 1.54) is 6.20 Å². The van der Waals surface area contributed by atoms with Crippen molar-refractivity contribution in [1.29, 1.82) is 0 Å². The van der Waals surface area contributed by atoms with E-state index in [1.807, 2.05) is 42.5 Å². The fourth-order valence-electron chi connectivity index (χ4n) is 2.03. The van der Waals surface area contributed by atoms with Crippen LogP contribution in [-0.4, -0.2) is 5.91 Å². The number of hydrogen-bond acceptors (Lipinski definition) is 5. The number of amides is 1. The molecule has 0 saturated heterocycles. The van der Waals surface area contributed by atoms with E-state index in [4.69, 9.17) is 0 Å². The van der Waals surface area contributed by atoms with Crippen LogP contribution in [0, 0.1) is 4.91 Å². The second kappa shape index (κ2) is 6.80. The van der Waals surface area contributed by atoms with Crippen molar-refractivity contribution in [3.05, 3.63) is 71.3 Å². The molecule has 0 spiro atoms. The Labute approximate surface area is 136 Å². The van der Waals surface area contributed by atoms with Gasteiger partial charge in [0.05, 0.1) is 11.3 Å². The maximum absolute atomic E-state index is 12.4. The Morgan fingerprint density at radius 3 is 2.52 bits per heavy atom. The fraction of sp³-hybridized carbons (Fsp3) is 0. The summed E-state index contributed by atoms with van der Waals surface area (Å²) in [6, 6.07) is 16.8. The van der Waals surface area contributed by atoms with Gasteiger partial charge in [0, 0.05) is 5.69 Å². The molecule has 3 N–H and O–H groups in total. The third-order valence-corrected chi connectivity index (χ3v) is 3.90. The summed E-state index contributed by atoms with van der Waals surface area (Å²) in [6.45, 7) is 0. The van der Waals surface area contributed by atoms with E-state index >= 15 is 0 Å². The van der Waals surface area contributed by atoms with Crippen molar-refractivity contribution in [2.75, 3.05) is 10.6 Å². The largest absolute Gasteiger partial charge is 0.355 e. The summed E-state index contributed by atoms with van der Waals surface area (Å²) in [7, 11) is 0. The van der Waals surface area contributed by atoms with Gasteiger partial charge in [-0.1, -0.05) is 30.3 Å². The number of nitrogens with one attached hydrogen (secondary N) is 3. The van der Waals surface area contributed by atoms with Gasteiger partial charge >= 0.3 is 11.0 Å². The lowest BCUT2D eigenvalue weighted by Gasteiger charge is -2.09. The normalized spacial score (nSPS) is 10.1. The molecule has 0 saturated carbocycles. The maximum atomic E-state index is 12.4. The number of aromatic amines is 1. The average molecular weight is 325 g/mol. The molecule has 1 aromatic heterocycles. The quantitative estimate of drug-likeness (QED) is 0.696. The molecule has 0 bridgehead atoms. The summed E-state index contributed by atoms with van der Waals surface area (Å²) in [6.07, 6.45) is 1.45. The Morgan fingerprint density at radius 1 is 1.04 bits per heavy atom. The average Bonchev–Trinajstić information content (AvgIpc) is 3.04. The van der Waals surface area contributed by atoms with Gasteiger partial charge in [-0.25, -0.2) is 9.78 Å². The zero-order valence-corrected chi connectivity index (χ0v) is 12.8. The summed E-state index contributed by atoms with van der Waals surface area (Å²) in [4.78, 5) is 25.7. The molecule has 7 heteroatoms. The lowest BCUT2D eigenvalue weighted by Crippen LogP contribution is -2.17. The van der Waals surface area contributed by atoms with Gasteiger partial charge < -0.3 is 5.32 Å². The van der Waals surface area contributed by atoms with Gasteiger partial charge in [-0.15, -0.1) is 4.91 Å². The number of thiazole rings is 1. The smallest absolute Gasteiger partial charge is 0.341 e. The van der Waals surface area contributed by atoms with Crippen molar-refractivity contribution >= 4 is 38.8 Å². The van der Waals surface area contributed by atoms with Crippen LogP contribution in [0.4, 0.5) is 21.5 Å². The molecule has 6 nitrogen and oxygen atoms in total. The Kier molecular flexibility index (Phi) is 4.39. The molecule has 0 radical (unpaired) electrons. The number of H-pyrrole nitrogens is 1. The molecule has 0 aliphatic heterocycles. The van der Waals surface area contributed by atoms with Crippen molar-refractivity contribution in [2.24, 2.45) is 5.18 Å². The number of nitroso groups, excluding NO2 is 1. The highest BCUT2D eigenvalue weighted by molar-refractivity contribution is 7.18. The van der Waals surface area contributed by atoms with E-state index in [2.05, 4.69) is 20.8 Å². The molecule has 23 heavy (non-hydrogen) atoms. The van der Waals surface area contributed by atoms with Gasteiger partial charge in [-0.05, 0) is 40.8 Å². The minimum Gasteiger partial charge on any atom is -0.355 e. The van der Waals surface area contributed by atoms with E-state index in [1.54, 1.807) is 12.1 Å². The summed E-state index contributed by atoms with van der Waals surface area (Å²) in [5, 5.41) is 9.49. The second-order valence-electron chi connectivity index (χ2n) is 4.64. The summed E-state index contributed by atoms with van der Waals surface area (Å²) < 4.78 is 0. The minimum atomic E-state index is -0.278. The monoisotopic (exact) mass is 325 g/mol. The lowest BCUT2D eigenvalue weighted by atomic mass is 10.1. The molecule has 0 aliphatic carbocycles. The van der Waals surface area contributed by atoms with Gasteiger partial charge in [-0.2, -0.15) is 5.32 Å². The van der Waals surface area contributed by atoms with E-state index in [0.717, 1.165) is 17.0 Å². The van der Waals surface area contributed by atoms with Crippen molar-refractivity contribution in [3.8, 4) is 0 Å². The van der Waals surface area contributed by atoms with E-state index in [9.17, 15) is 9.70 Å². The Hall–Kier alpha value is -3.06. The molecule has 1 heterocycles. The molecule has 3 aromatic rings. The van der Waals surface area contributed by atoms with Crippen LogP contribution >= 0.6 is 11.3 Å². The highest BCUT2D eigenvalue weighted by atomic mass is 32.1. The molecular weight excluding hydrogens is 312 g/mol. The SMILES string of the molecule is O=Nc1c[nH+]c(NC(=O)c2ccccc2Nc2ccccc2)s1. The number of nitrogens with zero attached hydrogens (tertiary/aromatic N) is 1. The predicted octanol–water partition coefficient (Wildman–Crippen LogP) is 3.96. The first-order valence-corrected chi connectivity index (χ1v) is 7.65. The third-order valence-electron chi connectivity index (χ3n) is 3.07. The van der Waals surface area contributed by atoms with Crippen LogP contribution in [-0.2, 0) is 0 Å². The first-order valence-electron chi connectivity index (χ1n) is 6.83. The van der Waals surface area contributed by atoms with Crippen LogP contribution in [0.2, 0.25) is 0 Å². The van der Waals surface area contributed by atoms with Crippen LogP contribution in [0.1, 0.15) is 10.4 Å². The Morgan fingerprint density at radius 2 is 1.78 bits per heavy atom. The van der Waals surface area contributed by atoms with E-state index in [0.29, 0.717) is 16.4 Å². The van der Waals surface area contributed by atoms with Gasteiger partial charge in [0.1, 0.15) is 6.20 Å². The summed E-state index contributed by atoms with van der Waals surface area (Å²) in [5.74, 6) is -0.278. The number of aromatic nitrogens is 1. The molecule has 0 atom stereocenters. The molecule has 3 rings (SSSR count). The number of benzene rings is 2. The van der Waals surface area contributed by atoms with Crippen molar-refractivity contribution in [1.82, 2.24) is 0 Å². The van der Waals surface area contributed by atoms with Gasteiger partial charge in [0.2, 0.25) is 5.00 Å². The maximum Gasteiger partial charge on any atom is 0.341 e. The molecular formula is C16H13N4O2S+.